The summed E-state index contributed by atoms with van der Waals surface area (Å²) < 4.78 is 0. The normalized spacial score (nSPS) is 11.4. The zero-order chi connectivity index (χ0) is 16.7. The molecule has 0 heterocycles. The molecule has 1 aromatic rings. The topological polar surface area (TPSA) is 57.5 Å². The molecule has 3 heteroatoms. The van der Waals surface area contributed by atoms with Crippen LogP contribution >= 0.6 is 0 Å². The number of hydrogen-bond acceptors (Lipinski definition) is 3. The molecule has 0 amide bonds. The molecule has 0 saturated heterocycles. The van der Waals surface area contributed by atoms with Gasteiger partial charge in [0.1, 0.15) is 12.4 Å². The van der Waals surface area contributed by atoms with Crippen molar-refractivity contribution in [2.75, 3.05) is 6.61 Å². The highest BCUT2D eigenvalue weighted by Gasteiger charge is 2.11. The summed E-state index contributed by atoms with van der Waals surface area (Å²) in [5.74, 6) is -0.122. The van der Waals surface area contributed by atoms with Crippen LogP contribution in [0.25, 0.3) is 0 Å². The number of aliphatic hydroxyl groups is 1. The van der Waals surface area contributed by atoms with Gasteiger partial charge in [-0.05, 0) is 70.2 Å². The molecule has 0 fully saturated rings. The van der Waals surface area contributed by atoms with Crippen molar-refractivity contribution in [1.29, 1.82) is 0 Å². The summed E-state index contributed by atoms with van der Waals surface area (Å²) in [6.45, 7) is 7.49. The fourth-order valence-electron chi connectivity index (χ4n) is 2.26. The molecule has 2 N–H and O–H groups in total. The summed E-state index contributed by atoms with van der Waals surface area (Å²) in [6, 6.07) is 3.27. The van der Waals surface area contributed by atoms with Gasteiger partial charge in [-0.3, -0.25) is 4.79 Å². The highest BCUT2D eigenvalue weighted by molar-refractivity contribution is 5.98. The largest absolute Gasteiger partial charge is 0.508 e. The molecule has 0 unspecified atom stereocenters. The summed E-state index contributed by atoms with van der Waals surface area (Å²) in [7, 11) is 0. The van der Waals surface area contributed by atoms with Gasteiger partial charge in [0, 0.05) is 5.56 Å². The highest BCUT2D eigenvalue weighted by Crippen LogP contribution is 2.24. The number of aryl methyl sites for hydroxylation is 1. The van der Waals surface area contributed by atoms with E-state index in [-0.39, 0.29) is 11.5 Å². The van der Waals surface area contributed by atoms with Crippen molar-refractivity contribution < 1.29 is 15.0 Å². The van der Waals surface area contributed by atoms with E-state index in [4.69, 9.17) is 5.11 Å². The Hall–Kier alpha value is -1.87. The lowest BCUT2D eigenvalue weighted by Crippen LogP contribution is -2.07. The number of aliphatic hydroxyl groups excluding tert-OH is 1. The van der Waals surface area contributed by atoms with Crippen molar-refractivity contribution in [3.05, 3.63) is 52.1 Å². The van der Waals surface area contributed by atoms with Gasteiger partial charge in [-0.15, -0.1) is 0 Å². The molecule has 0 aliphatic carbocycles. The maximum absolute atomic E-state index is 11.7. The van der Waals surface area contributed by atoms with Crippen LogP contribution in [0.15, 0.2) is 35.4 Å². The number of benzene rings is 1. The minimum Gasteiger partial charge on any atom is -0.508 e. The Labute approximate surface area is 133 Å². The van der Waals surface area contributed by atoms with Crippen molar-refractivity contribution in [3.63, 3.8) is 0 Å². The molecule has 0 saturated carbocycles. The standard InChI is InChI=1S/C19H26O3/c1-13(2)6-5-7-14(3)8-9-16-11-17(19(22)12-20)15(4)10-18(16)21/h6,8,10-11,20-21H,5,7,9,12H2,1-4H3. The third-order valence-corrected chi connectivity index (χ3v) is 3.63. The number of aromatic hydroxyl groups is 1. The Bertz CT molecular complexity index is 591. The Kier molecular flexibility index (Phi) is 7.06. The van der Waals surface area contributed by atoms with Crippen LogP contribution in [-0.2, 0) is 6.42 Å². The van der Waals surface area contributed by atoms with Crippen LogP contribution in [0.1, 0.15) is 55.1 Å². The van der Waals surface area contributed by atoms with Gasteiger partial charge < -0.3 is 10.2 Å². The number of allylic oxidation sites excluding steroid dienone is 4. The minimum absolute atomic E-state index is 0.195. The van der Waals surface area contributed by atoms with Crippen molar-refractivity contribution in [3.8, 4) is 5.75 Å². The number of carbonyl (C=O) groups excluding carboxylic acids is 1. The zero-order valence-corrected chi connectivity index (χ0v) is 13.9. The molecule has 0 atom stereocenters. The van der Waals surface area contributed by atoms with Gasteiger partial charge in [-0.1, -0.05) is 23.3 Å². The van der Waals surface area contributed by atoms with E-state index in [1.807, 2.05) is 0 Å². The van der Waals surface area contributed by atoms with Crippen LogP contribution in [0.4, 0.5) is 0 Å². The molecule has 3 nitrogen and oxygen atoms in total. The van der Waals surface area contributed by atoms with Crippen molar-refractivity contribution in [2.24, 2.45) is 0 Å². The van der Waals surface area contributed by atoms with Crippen LogP contribution in [0.3, 0.4) is 0 Å². The number of Topliss-reactive ketones (excluding diaryl/α,β-unsaturated/α-hetero) is 1. The number of phenolic OH excluding ortho intramolecular Hbond substituents is 1. The van der Waals surface area contributed by atoms with Crippen LogP contribution < -0.4 is 0 Å². The fraction of sp³-hybridized carbons (Fsp3) is 0.421. The molecule has 1 rings (SSSR count). The molecule has 0 spiro atoms. The molecule has 120 valence electrons. The molecule has 0 aromatic heterocycles. The monoisotopic (exact) mass is 302 g/mol. The number of hydrogen-bond donors (Lipinski definition) is 2. The lowest BCUT2D eigenvalue weighted by atomic mass is 9.98. The Morgan fingerprint density at radius 1 is 1.18 bits per heavy atom. The van der Waals surface area contributed by atoms with Crippen LogP contribution in [0.2, 0.25) is 0 Å². The predicted molar refractivity (Wildman–Crippen MR) is 90.4 cm³/mol. The molecular formula is C19H26O3. The smallest absolute Gasteiger partial charge is 0.188 e. The number of rotatable bonds is 7. The number of carbonyl (C=O) groups is 1. The second-order valence-electron chi connectivity index (χ2n) is 5.95. The minimum atomic E-state index is -0.511. The first-order valence-corrected chi connectivity index (χ1v) is 7.60. The zero-order valence-electron chi connectivity index (χ0n) is 13.9. The van der Waals surface area contributed by atoms with E-state index in [1.54, 1.807) is 19.1 Å². The van der Waals surface area contributed by atoms with Gasteiger partial charge in [0.15, 0.2) is 5.78 Å². The first-order chi connectivity index (χ1) is 10.3. The second kappa shape index (κ2) is 8.54. The summed E-state index contributed by atoms with van der Waals surface area (Å²) >= 11 is 0. The number of ketones is 1. The molecule has 22 heavy (non-hydrogen) atoms. The van der Waals surface area contributed by atoms with E-state index in [9.17, 15) is 9.90 Å². The van der Waals surface area contributed by atoms with Crippen LogP contribution in [-0.4, -0.2) is 22.6 Å². The molecule has 1 aromatic carbocycles. The average molecular weight is 302 g/mol. The third-order valence-electron chi connectivity index (χ3n) is 3.63. The fourth-order valence-corrected chi connectivity index (χ4v) is 2.26. The molecule has 0 bridgehead atoms. The third kappa shape index (κ3) is 5.49. The van der Waals surface area contributed by atoms with Crippen molar-refractivity contribution >= 4 is 5.78 Å². The van der Waals surface area contributed by atoms with Gasteiger partial charge in [0.25, 0.3) is 0 Å². The lowest BCUT2D eigenvalue weighted by molar-refractivity contribution is 0.0903. The maximum Gasteiger partial charge on any atom is 0.188 e. The van der Waals surface area contributed by atoms with E-state index in [0.717, 1.165) is 12.8 Å². The van der Waals surface area contributed by atoms with Crippen molar-refractivity contribution in [2.45, 2.75) is 47.0 Å². The van der Waals surface area contributed by atoms with E-state index >= 15 is 0 Å². The van der Waals surface area contributed by atoms with Gasteiger partial charge in [0.05, 0.1) is 0 Å². The number of phenols is 1. The van der Waals surface area contributed by atoms with Gasteiger partial charge >= 0.3 is 0 Å². The second-order valence-corrected chi connectivity index (χ2v) is 5.95. The SMILES string of the molecule is CC(C)=CCCC(C)=CCc1cc(C(=O)CO)c(C)cc1O. The predicted octanol–water partition coefficient (Wildman–Crippen LogP) is 4.11. The highest BCUT2D eigenvalue weighted by atomic mass is 16.3. The quantitative estimate of drug-likeness (QED) is 0.588. The first kappa shape index (κ1) is 18.2. The average Bonchev–Trinajstić information content (AvgIpc) is 2.45. The van der Waals surface area contributed by atoms with Gasteiger partial charge in [-0.2, -0.15) is 0 Å². The molecular weight excluding hydrogens is 276 g/mol. The summed E-state index contributed by atoms with van der Waals surface area (Å²) in [5, 5.41) is 19.0. The lowest BCUT2D eigenvalue weighted by Gasteiger charge is -2.09. The van der Waals surface area contributed by atoms with E-state index < -0.39 is 6.61 Å². The molecule has 0 radical (unpaired) electrons. The van der Waals surface area contributed by atoms with Crippen LogP contribution in [0, 0.1) is 6.92 Å². The Morgan fingerprint density at radius 3 is 2.45 bits per heavy atom. The summed E-state index contributed by atoms with van der Waals surface area (Å²) in [6.07, 6.45) is 6.87. The van der Waals surface area contributed by atoms with Gasteiger partial charge in [0.2, 0.25) is 0 Å². The Balaban J connectivity index is 2.84. The van der Waals surface area contributed by atoms with E-state index in [0.29, 0.717) is 23.1 Å². The molecule has 0 aliphatic rings. The first-order valence-electron chi connectivity index (χ1n) is 7.60. The van der Waals surface area contributed by atoms with E-state index in [2.05, 4.69) is 32.9 Å². The van der Waals surface area contributed by atoms with Crippen molar-refractivity contribution in [1.82, 2.24) is 0 Å². The summed E-state index contributed by atoms with van der Waals surface area (Å²) in [5.41, 5.74) is 4.45. The Morgan fingerprint density at radius 2 is 1.86 bits per heavy atom. The van der Waals surface area contributed by atoms with Crippen LogP contribution in [0.5, 0.6) is 5.75 Å². The molecule has 0 aliphatic heterocycles. The van der Waals surface area contributed by atoms with Gasteiger partial charge in [-0.25, -0.2) is 0 Å². The summed E-state index contributed by atoms with van der Waals surface area (Å²) in [4.78, 5) is 11.7. The van der Waals surface area contributed by atoms with E-state index in [1.165, 1.54) is 11.1 Å². The maximum atomic E-state index is 11.7.